The highest BCUT2D eigenvalue weighted by Crippen LogP contribution is 2.33. The molecule has 0 aromatic heterocycles. The number of unbranched alkanes of at least 4 members (excludes halogenated alkanes) is 1. The first-order valence-corrected chi connectivity index (χ1v) is 10.2. The number of nitrogens with two attached hydrogens (primary N) is 1. The molecule has 0 unspecified atom stereocenters. The van der Waals surface area contributed by atoms with Gasteiger partial charge in [0.15, 0.2) is 0 Å². The lowest BCUT2D eigenvalue weighted by molar-refractivity contribution is -0.121. The number of hydrogen-bond donors (Lipinski definition) is 4. The third-order valence-corrected chi connectivity index (χ3v) is 5.88. The molecule has 0 aromatic rings. The molecular weight excluding hydrogens is 360 g/mol. The van der Waals surface area contributed by atoms with E-state index < -0.39 is 0 Å². The van der Waals surface area contributed by atoms with Crippen molar-refractivity contribution >= 4 is 23.7 Å². The summed E-state index contributed by atoms with van der Waals surface area (Å²) in [5, 5.41) is 9.23. The Balaban J connectivity index is 1.38. The Kier molecular flexibility index (Phi) is 10.1. The van der Waals surface area contributed by atoms with Crippen LogP contribution >= 0.6 is 11.8 Å². The van der Waals surface area contributed by atoms with Crippen LogP contribution in [0.3, 0.4) is 0 Å². The van der Waals surface area contributed by atoms with Gasteiger partial charge in [-0.2, -0.15) is 11.8 Å². The molecule has 0 bridgehead atoms. The van der Waals surface area contributed by atoms with E-state index in [1.807, 2.05) is 11.8 Å². The minimum absolute atomic E-state index is 0.0527. The number of rotatable bonds is 14. The van der Waals surface area contributed by atoms with Gasteiger partial charge in [0.1, 0.15) is 0 Å². The van der Waals surface area contributed by atoms with Gasteiger partial charge in [-0.05, 0) is 12.8 Å². The van der Waals surface area contributed by atoms with Crippen LogP contribution in [0.25, 0.3) is 0 Å². The van der Waals surface area contributed by atoms with Crippen molar-refractivity contribution in [3.8, 4) is 0 Å². The molecular formula is C16H30N4O5S. The molecule has 0 aromatic carbocycles. The van der Waals surface area contributed by atoms with E-state index in [1.54, 1.807) is 0 Å². The van der Waals surface area contributed by atoms with Gasteiger partial charge in [-0.15, -0.1) is 0 Å². The van der Waals surface area contributed by atoms with Crippen molar-refractivity contribution < 1.29 is 23.9 Å². The fourth-order valence-electron chi connectivity index (χ4n) is 3.05. The topological polar surface area (TPSA) is 124 Å². The largest absolute Gasteiger partial charge is 0.377 e. The minimum atomic E-state index is -0.0527. The van der Waals surface area contributed by atoms with E-state index >= 15 is 0 Å². The Morgan fingerprint density at radius 3 is 2.73 bits per heavy atom. The molecule has 2 aliphatic rings. The number of urea groups is 1. The highest BCUT2D eigenvalue weighted by Gasteiger charge is 2.42. The van der Waals surface area contributed by atoms with Gasteiger partial charge in [0, 0.05) is 24.0 Å². The quantitative estimate of drug-likeness (QED) is 0.183. The first kappa shape index (κ1) is 21.2. The molecule has 2 heterocycles. The second-order valence-electron chi connectivity index (χ2n) is 6.31. The second kappa shape index (κ2) is 12.3. The van der Waals surface area contributed by atoms with Crippen LogP contribution in [0.15, 0.2) is 0 Å². The summed E-state index contributed by atoms with van der Waals surface area (Å²) < 4.78 is 10.5. The number of hydrogen-bond acceptors (Lipinski definition) is 7. The summed E-state index contributed by atoms with van der Waals surface area (Å²) in [6.07, 6.45) is 3.40. The van der Waals surface area contributed by atoms with Crippen molar-refractivity contribution in [2.75, 3.05) is 45.3 Å². The third kappa shape index (κ3) is 7.67. The van der Waals surface area contributed by atoms with Gasteiger partial charge in [0.2, 0.25) is 5.91 Å². The van der Waals surface area contributed by atoms with Gasteiger partial charge in [0.05, 0.1) is 45.1 Å². The van der Waals surface area contributed by atoms with Gasteiger partial charge >= 0.3 is 6.03 Å². The second-order valence-corrected chi connectivity index (χ2v) is 7.59. The number of carbonyl (C=O) groups excluding carboxylic acids is 2. The van der Waals surface area contributed by atoms with Crippen molar-refractivity contribution in [1.29, 1.82) is 0 Å². The van der Waals surface area contributed by atoms with Crippen molar-refractivity contribution in [2.24, 2.45) is 5.90 Å². The van der Waals surface area contributed by atoms with Crippen LogP contribution in [-0.2, 0) is 19.1 Å². The summed E-state index contributed by atoms with van der Waals surface area (Å²) in [5.41, 5.74) is 0. The summed E-state index contributed by atoms with van der Waals surface area (Å²) in [7, 11) is 0. The first-order chi connectivity index (χ1) is 12.7. The number of carbonyl (C=O) groups is 2. The van der Waals surface area contributed by atoms with Crippen LogP contribution in [-0.4, -0.2) is 74.6 Å². The summed E-state index contributed by atoms with van der Waals surface area (Å²) in [5.74, 6) is 5.89. The van der Waals surface area contributed by atoms with E-state index in [2.05, 4.69) is 20.8 Å². The normalized spacial score (nSPS) is 24.2. The lowest BCUT2D eigenvalue weighted by Crippen LogP contribution is -2.36. The molecule has 2 fully saturated rings. The van der Waals surface area contributed by atoms with Gasteiger partial charge in [0.25, 0.3) is 0 Å². The van der Waals surface area contributed by atoms with Crippen LogP contribution in [0.2, 0.25) is 0 Å². The summed E-state index contributed by atoms with van der Waals surface area (Å²) in [4.78, 5) is 27.5. The average molecular weight is 391 g/mol. The zero-order valence-corrected chi connectivity index (χ0v) is 15.9. The predicted octanol–water partition coefficient (Wildman–Crippen LogP) is -0.248. The molecule has 0 saturated carbocycles. The lowest BCUT2D eigenvalue weighted by atomic mass is 10.0. The summed E-state index contributed by atoms with van der Waals surface area (Å²) in [6, 6.07) is 0.452. The van der Waals surface area contributed by atoms with Crippen molar-refractivity contribution in [1.82, 2.24) is 16.0 Å². The molecule has 0 radical (unpaired) electrons. The van der Waals surface area contributed by atoms with Crippen molar-refractivity contribution in [3.63, 3.8) is 0 Å². The molecule has 5 N–H and O–H groups in total. The fraction of sp³-hybridized carbons (Fsp3) is 0.875. The van der Waals surface area contributed by atoms with Crippen LogP contribution in [0, 0.1) is 0 Å². The average Bonchev–Trinajstić information content (AvgIpc) is 3.16. The van der Waals surface area contributed by atoms with Crippen molar-refractivity contribution in [3.05, 3.63) is 0 Å². The zero-order valence-electron chi connectivity index (χ0n) is 15.0. The summed E-state index contributed by atoms with van der Waals surface area (Å²) in [6.45, 7) is 2.74. The van der Waals surface area contributed by atoms with Gasteiger partial charge in [-0.25, -0.2) is 10.7 Å². The molecule has 2 rings (SSSR count). The highest BCUT2D eigenvalue weighted by atomic mass is 32.2. The van der Waals surface area contributed by atoms with Gasteiger partial charge < -0.3 is 30.3 Å². The Hall–Kier alpha value is -1.07. The maximum atomic E-state index is 11.8. The predicted molar refractivity (Wildman–Crippen MR) is 98.7 cm³/mol. The molecule has 150 valence electrons. The van der Waals surface area contributed by atoms with Gasteiger partial charge in [-0.1, -0.05) is 6.42 Å². The van der Waals surface area contributed by atoms with E-state index in [4.69, 9.17) is 15.4 Å². The highest BCUT2D eigenvalue weighted by molar-refractivity contribution is 8.00. The molecule has 2 saturated heterocycles. The molecule has 26 heavy (non-hydrogen) atoms. The molecule has 9 nitrogen and oxygen atoms in total. The first-order valence-electron chi connectivity index (χ1n) is 9.13. The number of amides is 3. The Morgan fingerprint density at radius 2 is 1.92 bits per heavy atom. The SMILES string of the molecule is NOCCOCCOCCNC(=O)CCCC[C@@H]1SC[C@@H]2NC(=O)N[C@@H]21. The number of ether oxygens (including phenoxy) is 2. The van der Waals surface area contributed by atoms with Gasteiger partial charge in [-0.3, -0.25) is 4.79 Å². The Labute approximate surface area is 158 Å². The monoisotopic (exact) mass is 390 g/mol. The van der Waals surface area contributed by atoms with Crippen LogP contribution in [0.4, 0.5) is 4.79 Å². The number of nitrogens with one attached hydrogen (secondary N) is 3. The Bertz CT molecular complexity index is 443. The van der Waals surface area contributed by atoms with E-state index in [0.717, 1.165) is 25.0 Å². The minimum Gasteiger partial charge on any atom is -0.377 e. The van der Waals surface area contributed by atoms with E-state index in [1.165, 1.54) is 0 Å². The standard InChI is InChI=1S/C16H30N4O5S/c17-25-10-9-24-8-7-23-6-5-18-14(21)4-2-1-3-13-15-12(11-26-13)19-16(22)20-15/h12-13,15H,1-11,17H2,(H,18,21)(H2,19,20,22)/t12-,13-,15-/m0/s1. The molecule has 3 atom stereocenters. The summed E-state index contributed by atoms with van der Waals surface area (Å²) >= 11 is 1.91. The maximum Gasteiger partial charge on any atom is 0.315 e. The number of thioether (sulfide) groups is 1. The Morgan fingerprint density at radius 1 is 1.15 bits per heavy atom. The third-order valence-electron chi connectivity index (χ3n) is 4.37. The van der Waals surface area contributed by atoms with E-state index in [0.29, 0.717) is 51.2 Å². The molecule has 10 heteroatoms. The fourth-order valence-corrected chi connectivity index (χ4v) is 4.60. The number of fused-ring (bicyclic) bond motifs is 1. The lowest BCUT2D eigenvalue weighted by Gasteiger charge is -2.16. The van der Waals surface area contributed by atoms with E-state index in [-0.39, 0.29) is 24.0 Å². The maximum absolute atomic E-state index is 11.8. The van der Waals surface area contributed by atoms with E-state index in [9.17, 15) is 9.59 Å². The molecule has 3 amide bonds. The smallest absolute Gasteiger partial charge is 0.315 e. The zero-order chi connectivity index (χ0) is 18.6. The van der Waals surface area contributed by atoms with Crippen LogP contribution in [0.1, 0.15) is 25.7 Å². The van der Waals surface area contributed by atoms with Crippen molar-refractivity contribution in [2.45, 2.75) is 43.0 Å². The molecule has 0 aliphatic carbocycles. The molecule has 0 spiro atoms. The molecule has 2 aliphatic heterocycles. The van der Waals surface area contributed by atoms with Crippen LogP contribution < -0.4 is 21.8 Å². The van der Waals surface area contributed by atoms with Crippen LogP contribution in [0.5, 0.6) is 0 Å².